The van der Waals surface area contributed by atoms with E-state index in [9.17, 15) is 4.79 Å². The first-order valence-electron chi connectivity index (χ1n) is 5.15. The van der Waals surface area contributed by atoms with E-state index in [1.165, 1.54) is 6.21 Å². The molecule has 1 N–H and O–H groups in total. The quantitative estimate of drug-likeness (QED) is 0.667. The summed E-state index contributed by atoms with van der Waals surface area (Å²) in [4.78, 5) is 15.7. The molecule has 0 aliphatic carbocycles. The van der Waals surface area contributed by atoms with E-state index in [4.69, 9.17) is 5.41 Å². The Labute approximate surface area is 85.4 Å². The fourth-order valence-corrected chi connectivity index (χ4v) is 1.65. The molecule has 0 unspecified atom stereocenters. The van der Waals surface area contributed by atoms with E-state index in [1.54, 1.807) is 0 Å². The van der Waals surface area contributed by atoms with Crippen LogP contribution in [0, 0.1) is 11.3 Å². The van der Waals surface area contributed by atoms with E-state index >= 15 is 0 Å². The molecular formula is C10H19N3O. The third kappa shape index (κ3) is 2.80. The largest absolute Gasteiger partial charge is 0.340 e. The van der Waals surface area contributed by atoms with Gasteiger partial charge in [0.2, 0.25) is 5.91 Å². The Morgan fingerprint density at radius 3 is 2.36 bits per heavy atom. The second-order valence-electron chi connectivity index (χ2n) is 3.98. The van der Waals surface area contributed by atoms with Crippen LogP contribution in [0.2, 0.25) is 0 Å². The lowest BCUT2D eigenvalue weighted by molar-refractivity contribution is -0.136. The van der Waals surface area contributed by atoms with Crippen LogP contribution in [0.1, 0.15) is 13.8 Å². The Bertz CT molecular complexity index is 207. The van der Waals surface area contributed by atoms with Crippen LogP contribution in [0.15, 0.2) is 0 Å². The standard InChI is InChI=1S/C10H19N3O/c1-9(2)10(14)13-7-5-12(4-3-11)6-8-13/h3,9,11H,4-8H2,1-2H3. The van der Waals surface area contributed by atoms with Gasteiger partial charge in [0.1, 0.15) is 0 Å². The zero-order chi connectivity index (χ0) is 10.6. The summed E-state index contributed by atoms with van der Waals surface area (Å²) in [6, 6.07) is 0. The van der Waals surface area contributed by atoms with Crippen LogP contribution in [0.25, 0.3) is 0 Å². The summed E-state index contributed by atoms with van der Waals surface area (Å²) < 4.78 is 0. The first-order valence-corrected chi connectivity index (χ1v) is 5.15. The van der Waals surface area contributed by atoms with Crippen molar-refractivity contribution in [2.75, 3.05) is 32.7 Å². The van der Waals surface area contributed by atoms with Gasteiger partial charge in [0.25, 0.3) is 0 Å². The highest BCUT2D eigenvalue weighted by molar-refractivity contribution is 5.78. The van der Waals surface area contributed by atoms with Crippen molar-refractivity contribution in [2.24, 2.45) is 5.92 Å². The highest BCUT2D eigenvalue weighted by Gasteiger charge is 2.21. The Balaban J connectivity index is 2.35. The van der Waals surface area contributed by atoms with Crippen molar-refractivity contribution in [3.63, 3.8) is 0 Å². The van der Waals surface area contributed by atoms with Crippen molar-refractivity contribution in [2.45, 2.75) is 13.8 Å². The predicted octanol–water partition coefficient (Wildman–Crippen LogP) is 0.436. The molecule has 0 spiro atoms. The van der Waals surface area contributed by atoms with Crippen LogP contribution in [-0.4, -0.2) is 54.6 Å². The summed E-state index contributed by atoms with van der Waals surface area (Å²) in [6.07, 6.45) is 1.42. The van der Waals surface area contributed by atoms with Crippen molar-refractivity contribution in [1.29, 1.82) is 5.41 Å². The highest BCUT2D eigenvalue weighted by Crippen LogP contribution is 2.06. The monoisotopic (exact) mass is 197 g/mol. The van der Waals surface area contributed by atoms with Gasteiger partial charge in [0.15, 0.2) is 0 Å². The molecule has 14 heavy (non-hydrogen) atoms. The van der Waals surface area contributed by atoms with Gasteiger partial charge in [-0.1, -0.05) is 13.8 Å². The third-order valence-corrected chi connectivity index (χ3v) is 2.53. The molecule has 4 heteroatoms. The molecule has 1 rings (SSSR count). The first-order chi connectivity index (χ1) is 6.65. The third-order valence-electron chi connectivity index (χ3n) is 2.53. The number of piperazine rings is 1. The smallest absolute Gasteiger partial charge is 0.225 e. The summed E-state index contributed by atoms with van der Waals surface area (Å²) in [6.45, 7) is 8.00. The maximum absolute atomic E-state index is 11.6. The predicted molar refractivity (Wildman–Crippen MR) is 56.6 cm³/mol. The molecule has 1 saturated heterocycles. The molecule has 80 valence electrons. The lowest BCUT2D eigenvalue weighted by Crippen LogP contribution is -2.50. The number of amides is 1. The SMILES string of the molecule is CC(C)C(=O)N1CCN(CC=N)CC1. The van der Waals surface area contributed by atoms with E-state index in [2.05, 4.69) is 4.90 Å². The Kier molecular flexibility index (Phi) is 4.07. The zero-order valence-electron chi connectivity index (χ0n) is 8.99. The Hall–Kier alpha value is -0.900. The van der Waals surface area contributed by atoms with Gasteiger partial charge in [-0.25, -0.2) is 0 Å². The van der Waals surface area contributed by atoms with Crippen LogP contribution in [0.5, 0.6) is 0 Å². The van der Waals surface area contributed by atoms with E-state index in [-0.39, 0.29) is 11.8 Å². The fraction of sp³-hybridized carbons (Fsp3) is 0.800. The molecule has 1 amide bonds. The molecule has 0 radical (unpaired) electrons. The minimum Gasteiger partial charge on any atom is -0.340 e. The second kappa shape index (κ2) is 5.10. The first kappa shape index (κ1) is 11.2. The average molecular weight is 197 g/mol. The van der Waals surface area contributed by atoms with E-state index in [0.717, 1.165) is 26.2 Å². The molecule has 1 heterocycles. The lowest BCUT2D eigenvalue weighted by atomic mass is 10.1. The molecule has 4 nitrogen and oxygen atoms in total. The molecule has 0 aromatic rings. The number of carbonyl (C=O) groups excluding carboxylic acids is 1. The van der Waals surface area contributed by atoms with Crippen LogP contribution < -0.4 is 0 Å². The summed E-state index contributed by atoms with van der Waals surface area (Å²) in [7, 11) is 0. The van der Waals surface area contributed by atoms with Crippen LogP contribution >= 0.6 is 0 Å². The lowest BCUT2D eigenvalue weighted by Gasteiger charge is -2.34. The van der Waals surface area contributed by atoms with E-state index < -0.39 is 0 Å². The van der Waals surface area contributed by atoms with Crippen LogP contribution in [0.3, 0.4) is 0 Å². The summed E-state index contributed by atoms with van der Waals surface area (Å²) in [5.74, 6) is 0.351. The van der Waals surface area contributed by atoms with Gasteiger partial charge in [-0.3, -0.25) is 9.69 Å². The van der Waals surface area contributed by atoms with Gasteiger partial charge in [-0.2, -0.15) is 0 Å². The number of nitrogens with one attached hydrogen (secondary N) is 1. The molecule has 1 fully saturated rings. The minimum atomic E-state index is 0.101. The van der Waals surface area contributed by atoms with Crippen molar-refractivity contribution < 1.29 is 4.79 Å². The van der Waals surface area contributed by atoms with Crippen molar-refractivity contribution in [3.8, 4) is 0 Å². The van der Waals surface area contributed by atoms with Gasteiger partial charge < -0.3 is 10.3 Å². The molecule has 0 bridgehead atoms. The van der Waals surface area contributed by atoms with Gasteiger partial charge in [-0.05, 0) is 0 Å². The van der Waals surface area contributed by atoms with E-state index in [0.29, 0.717) is 6.54 Å². The minimum absolute atomic E-state index is 0.101. The molecular weight excluding hydrogens is 178 g/mol. The summed E-state index contributed by atoms with van der Waals surface area (Å²) in [5, 5.41) is 6.99. The molecule has 0 aromatic heterocycles. The van der Waals surface area contributed by atoms with Gasteiger partial charge in [0.05, 0.1) is 0 Å². The van der Waals surface area contributed by atoms with Gasteiger partial charge in [0, 0.05) is 44.9 Å². The average Bonchev–Trinajstić information content (AvgIpc) is 2.18. The number of hydrogen-bond acceptors (Lipinski definition) is 3. The van der Waals surface area contributed by atoms with Gasteiger partial charge in [-0.15, -0.1) is 0 Å². The molecule has 1 aliphatic rings. The number of hydrogen-bond donors (Lipinski definition) is 1. The normalized spacial score (nSPS) is 18.6. The Morgan fingerprint density at radius 2 is 1.93 bits per heavy atom. The van der Waals surface area contributed by atoms with Gasteiger partial charge >= 0.3 is 0 Å². The molecule has 1 aliphatic heterocycles. The van der Waals surface area contributed by atoms with Crippen molar-refractivity contribution in [3.05, 3.63) is 0 Å². The highest BCUT2D eigenvalue weighted by atomic mass is 16.2. The Morgan fingerprint density at radius 1 is 1.36 bits per heavy atom. The maximum atomic E-state index is 11.6. The number of carbonyl (C=O) groups is 1. The maximum Gasteiger partial charge on any atom is 0.225 e. The van der Waals surface area contributed by atoms with Crippen molar-refractivity contribution >= 4 is 12.1 Å². The molecule has 0 saturated carbocycles. The number of rotatable bonds is 3. The van der Waals surface area contributed by atoms with Crippen LogP contribution in [-0.2, 0) is 4.79 Å². The summed E-state index contributed by atoms with van der Waals surface area (Å²) >= 11 is 0. The topological polar surface area (TPSA) is 47.4 Å². The van der Waals surface area contributed by atoms with Crippen molar-refractivity contribution in [1.82, 2.24) is 9.80 Å². The van der Waals surface area contributed by atoms with E-state index in [1.807, 2.05) is 18.7 Å². The fourth-order valence-electron chi connectivity index (χ4n) is 1.65. The molecule has 0 aromatic carbocycles. The number of nitrogens with zero attached hydrogens (tertiary/aromatic N) is 2. The summed E-state index contributed by atoms with van der Waals surface area (Å²) in [5.41, 5.74) is 0. The second-order valence-corrected chi connectivity index (χ2v) is 3.98. The zero-order valence-corrected chi connectivity index (χ0v) is 8.99. The molecule has 0 atom stereocenters. The van der Waals surface area contributed by atoms with Crippen LogP contribution in [0.4, 0.5) is 0 Å².